The maximum Gasteiger partial charge on any atom is 0.317 e. The molecular weight excluding hydrogens is 290 g/mol. The molecule has 0 bridgehead atoms. The van der Waals surface area contributed by atoms with Gasteiger partial charge in [-0.25, -0.2) is 4.99 Å². The minimum atomic E-state index is -0.772. The predicted molar refractivity (Wildman–Crippen MR) is 86.7 cm³/mol. The Balaban J connectivity index is 2.59. The largest absolute Gasteiger partial charge is 0.480 e. The summed E-state index contributed by atoms with van der Waals surface area (Å²) in [6, 6.07) is 0.274. The number of nitrogens with zero attached hydrogens (tertiary/aromatic N) is 2. The van der Waals surface area contributed by atoms with Crippen molar-refractivity contribution < 1.29 is 9.90 Å². The van der Waals surface area contributed by atoms with E-state index in [1.807, 2.05) is 31.7 Å². The maximum atomic E-state index is 10.8. The fraction of sp³-hybridized carbons (Fsp3) is 0.600. The van der Waals surface area contributed by atoms with E-state index in [4.69, 9.17) is 16.7 Å². The first-order chi connectivity index (χ1) is 9.92. The summed E-state index contributed by atoms with van der Waals surface area (Å²) < 4.78 is 0. The minimum Gasteiger partial charge on any atom is -0.480 e. The Morgan fingerprint density at radius 2 is 2.24 bits per heavy atom. The highest BCUT2D eigenvalue weighted by Crippen LogP contribution is 2.15. The lowest BCUT2D eigenvalue weighted by atomic mass is 10.1. The van der Waals surface area contributed by atoms with Gasteiger partial charge in [0.05, 0.1) is 6.54 Å². The molecule has 2 N–H and O–H groups in total. The average molecular weight is 314 g/mol. The second-order valence-corrected chi connectivity index (χ2v) is 5.66. The van der Waals surface area contributed by atoms with Crippen molar-refractivity contribution in [2.45, 2.75) is 39.7 Å². The molecule has 1 rings (SSSR count). The molecule has 118 valence electrons. The van der Waals surface area contributed by atoms with Crippen LogP contribution >= 0.6 is 11.6 Å². The predicted octanol–water partition coefficient (Wildman–Crippen LogP) is 2.59. The van der Waals surface area contributed by atoms with Gasteiger partial charge in [-0.1, -0.05) is 11.6 Å². The first-order valence-electron chi connectivity index (χ1n) is 7.16. The second-order valence-electron chi connectivity index (χ2n) is 5.30. The number of piperidine rings is 1. The van der Waals surface area contributed by atoms with Crippen LogP contribution in [0.5, 0.6) is 0 Å². The van der Waals surface area contributed by atoms with Crippen molar-refractivity contribution in [3.05, 3.63) is 22.5 Å². The lowest BCUT2D eigenvalue weighted by Gasteiger charge is -2.32. The van der Waals surface area contributed by atoms with Crippen LogP contribution in [-0.2, 0) is 4.79 Å². The molecule has 0 unspecified atom stereocenters. The van der Waals surface area contributed by atoms with E-state index in [0.717, 1.165) is 37.2 Å². The molecule has 1 aliphatic rings. The quantitative estimate of drug-likeness (QED) is 0.449. The van der Waals surface area contributed by atoms with Crippen LogP contribution in [0, 0.1) is 0 Å². The van der Waals surface area contributed by atoms with Crippen molar-refractivity contribution in [1.29, 1.82) is 0 Å². The second kappa shape index (κ2) is 8.85. The number of aliphatic imine (C=N–C) groups is 1. The summed E-state index contributed by atoms with van der Waals surface area (Å²) in [6.45, 7) is 7.43. The molecule has 6 heteroatoms. The number of nitrogens with one attached hydrogen (secondary N) is 1. The Morgan fingerprint density at radius 3 is 2.86 bits per heavy atom. The van der Waals surface area contributed by atoms with Crippen molar-refractivity contribution in [3.63, 3.8) is 0 Å². The van der Waals surface area contributed by atoms with Crippen LogP contribution < -0.4 is 5.32 Å². The Hall–Kier alpha value is -1.33. The van der Waals surface area contributed by atoms with Crippen molar-refractivity contribution in [3.8, 4) is 0 Å². The lowest BCUT2D eigenvalue weighted by molar-refractivity contribution is -0.138. The molecule has 0 aromatic rings. The zero-order valence-corrected chi connectivity index (χ0v) is 13.7. The number of aliphatic carboxylic acids is 1. The van der Waals surface area contributed by atoms with Gasteiger partial charge in [-0.05, 0) is 51.8 Å². The molecule has 1 fully saturated rings. The Bertz CT molecular complexity index is 458. The topological polar surface area (TPSA) is 64.9 Å². The van der Waals surface area contributed by atoms with Crippen LogP contribution in [0.15, 0.2) is 27.5 Å². The third-order valence-electron chi connectivity index (χ3n) is 3.30. The molecule has 1 atom stereocenters. The number of carbonyl (C=O) groups is 1. The van der Waals surface area contributed by atoms with Gasteiger partial charge < -0.3 is 10.4 Å². The van der Waals surface area contributed by atoms with Gasteiger partial charge in [0.1, 0.15) is 5.16 Å². The molecule has 0 aromatic heterocycles. The van der Waals surface area contributed by atoms with Gasteiger partial charge in [0, 0.05) is 24.5 Å². The number of rotatable bonds is 6. The molecule has 0 saturated carbocycles. The standard InChI is InChI=1S/C15H24ClN3O2/c1-4-17-15(16)11(2)8-12(3)18-13-6-5-7-19(9-13)10-14(20)21/h4,8,13,18H,5-7,9-10H2,1-3H3,(H,20,21)/b12-8+,15-11-,17-4+/t13-/m1/s1. The number of hydrogen-bond acceptors (Lipinski definition) is 4. The molecule has 5 nitrogen and oxygen atoms in total. The van der Waals surface area contributed by atoms with E-state index in [-0.39, 0.29) is 12.6 Å². The smallest absolute Gasteiger partial charge is 0.317 e. The Kier molecular flexibility index (Phi) is 7.47. The van der Waals surface area contributed by atoms with Gasteiger partial charge in [-0.2, -0.15) is 0 Å². The summed E-state index contributed by atoms with van der Waals surface area (Å²) >= 11 is 6.03. The fourth-order valence-corrected chi connectivity index (χ4v) is 2.62. The highest BCUT2D eigenvalue weighted by molar-refractivity contribution is 6.30. The highest BCUT2D eigenvalue weighted by atomic mass is 35.5. The molecule has 21 heavy (non-hydrogen) atoms. The van der Waals surface area contributed by atoms with Crippen molar-refractivity contribution in [1.82, 2.24) is 10.2 Å². The third kappa shape index (κ3) is 6.78. The van der Waals surface area contributed by atoms with Gasteiger partial charge in [0.25, 0.3) is 0 Å². The summed E-state index contributed by atoms with van der Waals surface area (Å²) in [7, 11) is 0. The first-order valence-corrected chi connectivity index (χ1v) is 7.54. The lowest BCUT2D eigenvalue weighted by Crippen LogP contribution is -2.46. The summed E-state index contributed by atoms with van der Waals surface area (Å²) in [4.78, 5) is 16.8. The molecule has 1 aliphatic heterocycles. The molecule has 0 spiro atoms. The molecule has 0 aromatic carbocycles. The monoisotopic (exact) mass is 313 g/mol. The zero-order valence-electron chi connectivity index (χ0n) is 12.9. The van der Waals surface area contributed by atoms with E-state index in [9.17, 15) is 4.79 Å². The zero-order chi connectivity index (χ0) is 15.8. The van der Waals surface area contributed by atoms with Gasteiger partial charge in [0.2, 0.25) is 0 Å². The van der Waals surface area contributed by atoms with Crippen molar-refractivity contribution >= 4 is 23.8 Å². The number of allylic oxidation sites excluding steroid dienone is 3. The van der Waals surface area contributed by atoms with Gasteiger partial charge >= 0.3 is 5.97 Å². The average Bonchev–Trinajstić information content (AvgIpc) is 2.38. The molecule has 1 saturated heterocycles. The summed E-state index contributed by atoms with van der Waals surface area (Å²) in [5.74, 6) is -0.772. The van der Waals surface area contributed by atoms with E-state index in [2.05, 4.69) is 10.3 Å². The van der Waals surface area contributed by atoms with Gasteiger partial charge in [-0.3, -0.25) is 9.69 Å². The van der Waals surface area contributed by atoms with Crippen LogP contribution in [0.4, 0.5) is 0 Å². The minimum absolute atomic E-state index is 0.108. The van der Waals surface area contributed by atoms with Crippen molar-refractivity contribution in [2.24, 2.45) is 4.99 Å². The van der Waals surface area contributed by atoms with Crippen molar-refractivity contribution in [2.75, 3.05) is 19.6 Å². The van der Waals surface area contributed by atoms with Gasteiger partial charge in [0.15, 0.2) is 0 Å². The highest BCUT2D eigenvalue weighted by Gasteiger charge is 2.21. The van der Waals surface area contributed by atoms with Crippen LogP contribution in [-0.4, -0.2) is 47.9 Å². The van der Waals surface area contributed by atoms with Crippen LogP contribution in [0.1, 0.15) is 33.6 Å². The fourth-order valence-electron chi connectivity index (χ4n) is 2.47. The molecule has 1 heterocycles. The molecule has 0 radical (unpaired) electrons. The van der Waals surface area contributed by atoms with Crippen LogP contribution in [0.25, 0.3) is 0 Å². The maximum absolute atomic E-state index is 10.8. The first kappa shape index (κ1) is 17.7. The number of carboxylic acid groups (broad SMARTS) is 1. The Morgan fingerprint density at radius 1 is 1.52 bits per heavy atom. The molecule has 0 amide bonds. The van der Waals surface area contributed by atoms with E-state index in [0.29, 0.717) is 5.16 Å². The van der Waals surface area contributed by atoms with E-state index >= 15 is 0 Å². The third-order valence-corrected chi connectivity index (χ3v) is 3.69. The van der Waals surface area contributed by atoms with E-state index < -0.39 is 5.97 Å². The van der Waals surface area contributed by atoms with Gasteiger partial charge in [-0.15, -0.1) is 0 Å². The normalized spacial score (nSPS) is 22.3. The number of likely N-dealkylation sites (tertiary alicyclic amines) is 1. The van der Waals surface area contributed by atoms with E-state index in [1.165, 1.54) is 0 Å². The summed E-state index contributed by atoms with van der Waals surface area (Å²) in [6.07, 6.45) is 5.68. The van der Waals surface area contributed by atoms with E-state index in [1.54, 1.807) is 6.21 Å². The molecule has 0 aliphatic carbocycles. The summed E-state index contributed by atoms with van der Waals surface area (Å²) in [5, 5.41) is 12.8. The SMILES string of the molecule is C/C=N/C(Cl)=C(C)\C=C(/C)N[C@@H]1CCCN(CC(=O)O)C1. The Labute approximate surface area is 131 Å². The van der Waals surface area contributed by atoms with Crippen LogP contribution in [0.2, 0.25) is 0 Å². The molecular formula is C15H24ClN3O2. The number of carboxylic acids is 1. The number of hydrogen-bond donors (Lipinski definition) is 2. The van der Waals surface area contributed by atoms with Crippen LogP contribution in [0.3, 0.4) is 0 Å². The number of halogens is 1. The summed E-state index contributed by atoms with van der Waals surface area (Å²) in [5.41, 5.74) is 1.91.